The Kier molecular flexibility index (Phi) is 3.58. The van der Waals surface area contributed by atoms with Crippen LogP contribution in [-0.4, -0.2) is 6.72 Å². The SMILES string of the molecule is C=Nc1ccccccccc1. The predicted molar refractivity (Wildman–Crippen MR) is 53.3 cm³/mol. The molecule has 0 aliphatic rings. The van der Waals surface area contributed by atoms with E-state index in [1.54, 1.807) is 0 Å². The molecule has 0 spiro atoms. The number of hydrogen-bond donors (Lipinski definition) is 0. The maximum atomic E-state index is 3.84. The summed E-state index contributed by atoms with van der Waals surface area (Å²) in [5.74, 6) is 0. The van der Waals surface area contributed by atoms with Crippen molar-refractivity contribution in [1.82, 2.24) is 0 Å². The minimum atomic E-state index is 0.867. The van der Waals surface area contributed by atoms with Crippen molar-refractivity contribution in [3.05, 3.63) is 54.6 Å². The second kappa shape index (κ2) is 5.08. The fourth-order valence-corrected chi connectivity index (χ4v) is 0.790. The van der Waals surface area contributed by atoms with Crippen LogP contribution >= 0.6 is 0 Å². The molecule has 0 saturated carbocycles. The summed E-state index contributed by atoms with van der Waals surface area (Å²) in [6, 6.07) is 17.5. The van der Waals surface area contributed by atoms with Crippen LogP contribution in [0.1, 0.15) is 0 Å². The molecule has 0 aromatic heterocycles. The molecule has 0 amide bonds. The van der Waals surface area contributed by atoms with Gasteiger partial charge in [0.05, 0.1) is 5.69 Å². The zero-order valence-electron chi connectivity index (χ0n) is 6.85. The van der Waals surface area contributed by atoms with Crippen LogP contribution < -0.4 is 0 Å². The summed E-state index contributed by atoms with van der Waals surface area (Å²) < 4.78 is 0. The number of hydrogen-bond acceptors (Lipinski definition) is 1. The number of rotatable bonds is 1. The van der Waals surface area contributed by atoms with Gasteiger partial charge < -0.3 is 0 Å². The molecule has 1 aromatic carbocycles. The van der Waals surface area contributed by atoms with E-state index in [9.17, 15) is 0 Å². The summed E-state index contributed by atoms with van der Waals surface area (Å²) in [7, 11) is 0. The van der Waals surface area contributed by atoms with Gasteiger partial charge in [-0.3, -0.25) is 4.99 Å². The highest BCUT2D eigenvalue weighted by atomic mass is 14.7. The van der Waals surface area contributed by atoms with Crippen molar-refractivity contribution in [3.8, 4) is 0 Å². The molecule has 0 heterocycles. The van der Waals surface area contributed by atoms with Crippen molar-refractivity contribution in [1.29, 1.82) is 0 Å². The Bertz CT molecular complexity index is 279. The van der Waals surface area contributed by atoms with Crippen LogP contribution in [-0.2, 0) is 0 Å². The highest BCUT2D eigenvalue weighted by Gasteiger charge is 1.74. The number of aliphatic imine (C=N–C) groups is 1. The first-order valence-corrected chi connectivity index (χ1v) is 3.78. The molecule has 1 rings (SSSR count). The molecule has 0 aliphatic carbocycles. The third-order valence-electron chi connectivity index (χ3n) is 1.38. The molecule has 0 bridgehead atoms. The molecule has 1 heteroatoms. The molecule has 0 atom stereocenters. The van der Waals surface area contributed by atoms with Crippen LogP contribution in [0.4, 0.5) is 5.69 Å². The average molecular weight is 157 g/mol. The lowest BCUT2D eigenvalue weighted by atomic mass is 10.3. The molecule has 1 nitrogen and oxygen atoms in total. The van der Waals surface area contributed by atoms with E-state index in [1.165, 1.54) is 0 Å². The Balaban J connectivity index is 3.15. The third-order valence-corrected chi connectivity index (χ3v) is 1.38. The van der Waals surface area contributed by atoms with Gasteiger partial charge in [-0.2, -0.15) is 0 Å². The number of nitrogens with zero attached hydrogens (tertiary/aromatic N) is 1. The zero-order valence-corrected chi connectivity index (χ0v) is 6.85. The van der Waals surface area contributed by atoms with Gasteiger partial charge in [-0.05, 0) is 18.9 Å². The van der Waals surface area contributed by atoms with E-state index in [0.29, 0.717) is 0 Å². The quantitative estimate of drug-likeness (QED) is 0.555. The van der Waals surface area contributed by atoms with E-state index in [0.717, 1.165) is 5.69 Å². The van der Waals surface area contributed by atoms with E-state index in [1.807, 2.05) is 54.6 Å². The Hall–Kier alpha value is -1.63. The largest absolute Gasteiger partial charge is 0.265 e. The van der Waals surface area contributed by atoms with Gasteiger partial charge in [-0.15, -0.1) is 0 Å². The van der Waals surface area contributed by atoms with E-state index >= 15 is 0 Å². The van der Waals surface area contributed by atoms with Crippen molar-refractivity contribution in [2.75, 3.05) is 0 Å². The minimum Gasteiger partial charge on any atom is -0.265 e. The van der Waals surface area contributed by atoms with Crippen LogP contribution in [0.5, 0.6) is 0 Å². The molecule has 12 heavy (non-hydrogen) atoms. The Labute approximate surface area is 72.7 Å². The minimum absolute atomic E-state index is 0.867. The summed E-state index contributed by atoms with van der Waals surface area (Å²) in [5.41, 5.74) is 0.867. The summed E-state index contributed by atoms with van der Waals surface area (Å²) >= 11 is 0. The first-order valence-electron chi connectivity index (χ1n) is 3.78. The fourth-order valence-electron chi connectivity index (χ4n) is 0.790. The highest BCUT2D eigenvalue weighted by Crippen LogP contribution is 2.04. The lowest BCUT2D eigenvalue weighted by molar-refractivity contribution is 1.57. The monoisotopic (exact) mass is 157 g/mol. The third kappa shape index (κ3) is 2.97. The van der Waals surface area contributed by atoms with Crippen LogP contribution in [0.15, 0.2) is 59.6 Å². The van der Waals surface area contributed by atoms with Crippen LogP contribution in [0.2, 0.25) is 0 Å². The van der Waals surface area contributed by atoms with E-state index in [4.69, 9.17) is 0 Å². The fraction of sp³-hybridized carbons (Fsp3) is 0. The smallest absolute Gasteiger partial charge is 0.0622 e. The predicted octanol–water partition coefficient (Wildman–Crippen LogP) is 3.14. The Morgan fingerprint density at radius 2 is 1.17 bits per heavy atom. The molecule has 0 fully saturated rings. The molecule has 0 unspecified atom stereocenters. The highest BCUT2D eigenvalue weighted by molar-refractivity contribution is 5.43. The van der Waals surface area contributed by atoms with Gasteiger partial charge in [0, 0.05) is 0 Å². The van der Waals surface area contributed by atoms with Gasteiger partial charge in [0.25, 0.3) is 0 Å². The van der Waals surface area contributed by atoms with E-state index in [2.05, 4.69) is 11.7 Å². The van der Waals surface area contributed by atoms with Crippen molar-refractivity contribution in [2.24, 2.45) is 4.99 Å². The molecule has 1 aromatic rings. The Morgan fingerprint density at radius 1 is 0.750 bits per heavy atom. The van der Waals surface area contributed by atoms with Gasteiger partial charge in [-0.25, -0.2) is 0 Å². The maximum Gasteiger partial charge on any atom is 0.0622 e. The van der Waals surface area contributed by atoms with Crippen molar-refractivity contribution >= 4 is 12.4 Å². The molecular formula is C11H11N. The molecule has 0 saturated heterocycles. The first-order chi connectivity index (χ1) is 5.93. The van der Waals surface area contributed by atoms with Gasteiger partial charge in [0.15, 0.2) is 0 Å². The van der Waals surface area contributed by atoms with Gasteiger partial charge in [-0.1, -0.05) is 42.5 Å². The summed E-state index contributed by atoms with van der Waals surface area (Å²) in [6.07, 6.45) is 0. The standard InChI is InChI=1S/C11H11N/c1-12-11-9-7-5-3-2-4-6-8-10-11/h2-10H,1H2. The van der Waals surface area contributed by atoms with E-state index < -0.39 is 0 Å². The second-order valence-corrected chi connectivity index (χ2v) is 2.26. The van der Waals surface area contributed by atoms with Crippen LogP contribution in [0.25, 0.3) is 0 Å². The molecule has 0 N–H and O–H groups in total. The molecule has 0 radical (unpaired) electrons. The summed E-state index contributed by atoms with van der Waals surface area (Å²) in [4.78, 5) is 3.84. The van der Waals surface area contributed by atoms with Gasteiger partial charge >= 0.3 is 0 Å². The zero-order chi connectivity index (χ0) is 8.65. The van der Waals surface area contributed by atoms with Crippen LogP contribution in [0, 0.1) is 0 Å². The van der Waals surface area contributed by atoms with Crippen molar-refractivity contribution < 1.29 is 0 Å². The second-order valence-electron chi connectivity index (χ2n) is 2.26. The normalized spacial score (nSPS) is 8.33. The topological polar surface area (TPSA) is 12.4 Å². The molecular weight excluding hydrogens is 146 g/mol. The Morgan fingerprint density at radius 3 is 1.58 bits per heavy atom. The lowest BCUT2D eigenvalue weighted by Gasteiger charge is -1.82. The first kappa shape index (κ1) is 8.47. The van der Waals surface area contributed by atoms with Gasteiger partial charge in [0.1, 0.15) is 0 Å². The molecule has 0 aliphatic heterocycles. The van der Waals surface area contributed by atoms with E-state index in [-0.39, 0.29) is 0 Å². The van der Waals surface area contributed by atoms with Crippen LogP contribution in [0.3, 0.4) is 0 Å². The van der Waals surface area contributed by atoms with Crippen molar-refractivity contribution in [2.45, 2.75) is 0 Å². The van der Waals surface area contributed by atoms with Gasteiger partial charge in [0.2, 0.25) is 0 Å². The average Bonchev–Trinajstić information content (AvgIpc) is 2.14. The molecule has 60 valence electrons. The van der Waals surface area contributed by atoms with Crippen molar-refractivity contribution in [3.63, 3.8) is 0 Å². The lowest BCUT2D eigenvalue weighted by Crippen LogP contribution is -1.55. The maximum absolute atomic E-state index is 3.84. The summed E-state index contributed by atoms with van der Waals surface area (Å²) in [6.45, 7) is 3.47. The summed E-state index contributed by atoms with van der Waals surface area (Å²) in [5, 5.41) is 0.